The molecule has 2 aromatic rings. The average Bonchev–Trinajstić information content (AvgIpc) is 3.44. The molecular formula is C19H15F5O3. The third kappa shape index (κ3) is 3.36. The predicted octanol–water partition coefficient (Wildman–Crippen LogP) is 5.49. The number of hydrogen-bond acceptors (Lipinski definition) is 3. The summed E-state index contributed by atoms with van der Waals surface area (Å²) in [6.45, 7) is 0. The summed E-state index contributed by atoms with van der Waals surface area (Å²) in [6, 6.07) is 11.1. The Hall–Kier alpha value is -2.64. The normalized spacial score (nSPS) is 15.9. The van der Waals surface area contributed by atoms with Crippen LogP contribution in [0.25, 0.3) is 0 Å². The molecule has 3 nitrogen and oxygen atoms in total. The molecule has 0 bridgehead atoms. The first-order valence-corrected chi connectivity index (χ1v) is 8.02. The molecule has 0 aliphatic heterocycles. The Labute approximate surface area is 151 Å². The summed E-state index contributed by atoms with van der Waals surface area (Å²) in [6.07, 6.45) is -6.05. The van der Waals surface area contributed by atoms with Gasteiger partial charge in [0.25, 0.3) is 0 Å². The highest BCUT2D eigenvalue weighted by Gasteiger charge is 2.75. The van der Waals surface area contributed by atoms with E-state index < -0.39 is 23.5 Å². The molecule has 0 unspecified atom stereocenters. The molecule has 0 N–H and O–H groups in total. The molecule has 8 heteroatoms. The summed E-state index contributed by atoms with van der Waals surface area (Å²) in [7, 11) is 1.25. The van der Waals surface area contributed by atoms with Crippen LogP contribution in [0.15, 0.2) is 48.5 Å². The van der Waals surface area contributed by atoms with Gasteiger partial charge in [0.1, 0.15) is 11.5 Å². The number of esters is 1. The Kier molecular flexibility index (Phi) is 4.61. The van der Waals surface area contributed by atoms with Crippen molar-refractivity contribution in [2.75, 3.05) is 7.11 Å². The van der Waals surface area contributed by atoms with Gasteiger partial charge in [-0.2, -0.15) is 22.0 Å². The number of alkyl halides is 5. The summed E-state index contributed by atoms with van der Waals surface area (Å²) in [5.74, 6) is -4.65. The van der Waals surface area contributed by atoms with E-state index in [1.807, 2.05) is 0 Å². The third-order valence-corrected chi connectivity index (χ3v) is 4.63. The van der Waals surface area contributed by atoms with Gasteiger partial charge in [0, 0.05) is 0 Å². The van der Waals surface area contributed by atoms with Crippen LogP contribution in [0.4, 0.5) is 22.0 Å². The predicted molar refractivity (Wildman–Crippen MR) is 86.2 cm³/mol. The van der Waals surface area contributed by atoms with Gasteiger partial charge >= 0.3 is 18.1 Å². The lowest BCUT2D eigenvalue weighted by atomic mass is 9.88. The van der Waals surface area contributed by atoms with Crippen LogP contribution in [0, 0.1) is 0 Å². The molecule has 0 radical (unpaired) electrons. The molecule has 144 valence electrons. The van der Waals surface area contributed by atoms with Gasteiger partial charge in [-0.1, -0.05) is 12.1 Å². The monoisotopic (exact) mass is 386 g/mol. The fourth-order valence-corrected chi connectivity index (χ4v) is 2.94. The summed E-state index contributed by atoms with van der Waals surface area (Å²) < 4.78 is 76.0. The highest BCUT2D eigenvalue weighted by atomic mass is 19.4. The summed E-state index contributed by atoms with van der Waals surface area (Å²) in [4.78, 5) is 11.4. The number of ether oxygens (including phenoxy) is 2. The largest absolute Gasteiger partial charge is 0.465 e. The topological polar surface area (TPSA) is 35.5 Å². The van der Waals surface area contributed by atoms with Gasteiger partial charge in [-0.3, -0.25) is 0 Å². The first kappa shape index (κ1) is 19.1. The second-order valence-electron chi connectivity index (χ2n) is 6.30. The van der Waals surface area contributed by atoms with Crippen LogP contribution in [0.1, 0.15) is 28.8 Å². The maximum atomic E-state index is 13.8. The van der Waals surface area contributed by atoms with Crippen molar-refractivity contribution >= 4 is 5.97 Å². The average molecular weight is 386 g/mol. The van der Waals surface area contributed by atoms with Crippen molar-refractivity contribution < 1.29 is 36.2 Å². The van der Waals surface area contributed by atoms with E-state index in [1.54, 1.807) is 0 Å². The van der Waals surface area contributed by atoms with Crippen molar-refractivity contribution in [3.63, 3.8) is 0 Å². The molecule has 0 heterocycles. The van der Waals surface area contributed by atoms with Crippen LogP contribution < -0.4 is 4.74 Å². The molecule has 0 spiro atoms. The quantitative estimate of drug-likeness (QED) is 0.503. The minimum atomic E-state index is -5.60. The van der Waals surface area contributed by atoms with E-state index >= 15 is 0 Å². The highest BCUT2D eigenvalue weighted by molar-refractivity contribution is 5.89. The second kappa shape index (κ2) is 6.51. The summed E-state index contributed by atoms with van der Waals surface area (Å²) >= 11 is 0. The lowest BCUT2D eigenvalue weighted by Gasteiger charge is -2.29. The fraction of sp³-hybridized carbons (Fsp3) is 0.316. The zero-order valence-electron chi connectivity index (χ0n) is 14.1. The van der Waals surface area contributed by atoms with Gasteiger partial charge in [0.05, 0.1) is 18.1 Å². The first-order chi connectivity index (χ1) is 12.6. The van der Waals surface area contributed by atoms with Crippen molar-refractivity contribution in [1.82, 2.24) is 0 Å². The van der Waals surface area contributed by atoms with Crippen molar-refractivity contribution in [2.24, 2.45) is 0 Å². The number of rotatable bonds is 5. The Balaban J connectivity index is 1.76. The molecule has 0 atom stereocenters. The van der Waals surface area contributed by atoms with E-state index in [1.165, 1.54) is 55.6 Å². The number of carbonyl (C=O) groups excluding carboxylic acids is 1. The molecule has 1 aliphatic carbocycles. The van der Waals surface area contributed by atoms with Gasteiger partial charge < -0.3 is 9.47 Å². The Morgan fingerprint density at radius 1 is 0.889 bits per heavy atom. The molecule has 3 rings (SSSR count). The number of benzene rings is 2. The maximum Gasteiger partial charge on any atom is 0.454 e. The zero-order chi connectivity index (χ0) is 19.9. The summed E-state index contributed by atoms with van der Waals surface area (Å²) in [5.41, 5.74) is -1.95. The van der Waals surface area contributed by atoms with Gasteiger partial charge in [-0.25, -0.2) is 4.79 Å². The fourth-order valence-electron chi connectivity index (χ4n) is 2.94. The van der Waals surface area contributed by atoms with Crippen molar-refractivity contribution in [3.05, 3.63) is 59.7 Å². The van der Waals surface area contributed by atoms with Gasteiger partial charge in [-0.05, 0) is 54.8 Å². The number of hydrogen-bond donors (Lipinski definition) is 0. The third-order valence-electron chi connectivity index (χ3n) is 4.63. The smallest absolute Gasteiger partial charge is 0.454 e. The van der Waals surface area contributed by atoms with Crippen molar-refractivity contribution in [2.45, 2.75) is 30.4 Å². The van der Waals surface area contributed by atoms with Crippen molar-refractivity contribution in [1.29, 1.82) is 0 Å². The lowest BCUT2D eigenvalue weighted by Crippen LogP contribution is -2.47. The van der Waals surface area contributed by atoms with Gasteiger partial charge in [0.2, 0.25) is 0 Å². The van der Waals surface area contributed by atoms with E-state index in [-0.39, 0.29) is 24.2 Å². The van der Waals surface area contributed by atoms with Crippen LogP contribution in [-0.4, -0.2) is 25.2 Å². The molecule has 1 fully saturated rings. The molecule has 0 saturated heterocycles. The summed E-state index contributed by atoms with van der Waals surface area (Å²) in [5, 5.41) is 0. The first-order valence-electron chi connectivity index (χ1n) is 8.02. The number of methoxy groups -OCH3 is 1. The van der Waals surface area contributed by atoms with Crippen LogP contribution in [0.2, 0.25) is 0 Å². The Morgan fingerprint density at radius 2 is 1.37 bits per heavy atom. The van der Waals surface area contributed by atoms with Crippen molar-refractivity contribution in [3.8, 4) is 11.5 Å². The molecule has 1 aliphatic rings. The molecule has 0 amide bonds. The Morgan fingerprint density at radius 3 is 1.78 bits per heavy atom. The van der Waals surface area contributed by atoms with Crippen LogP contribution in [0.5, 0.6) is 11.5 Å². The minimum Gasteiger partial charge on any atom is -0.465 e. The maximum absolute atomic E-state index is 13.8. The SMILES string of the molecule is COC(=O)c1ccc(Oc2ccc(C3(C(F)(F)C(F)(F)F)CC3)cc2)cc1. The molecule has 1 saturated carbocycles. The van der Waals surface area contributed by atoms with E-state index in [0.29, 0.717) is 11.3 Å². The zero-order valence-corrected chi connectivity index (χ0v) is 14.1. The molecule has 0 aromatic heterocycles. The van der Waals surface area contributed by atoms with E-state index in [2.05, 4.69) is 4.74 Å². The second-order valence-corrected chi connectivity index (χ2v) is 6.30. The number of carbonyl (C=O) groups is 1. The van der Waals surface area contributed by atoms with E-state index in [4.69, 9.17) is 4.74 Å². The van der Waals surface area contributed by atoms with Gasteiger partial charge in [-0.15, -0.1) is 0 Å². The highest BCUT2D eigenvalue weighted by Crippen LogP contribution is 2.63. The molecule has 2 aromatic carbocycles. The van der Waals surface area contributed by atoms with E-state index in [9.17, 15) is 26.7 Å². The van der Waals surface area contributed by atoms with Crippen LogP contribution >= 0.6 is 0 Å². The minimum absolute atomic E-state index is 0.0711. The molecule has 27 heavy (non-hydrogen) atoms. The van der Waals surface area contributed by atoms with Gasteiger partial charge in [0.15, 0.2) is 0 Å². The lowest BCUT2D eigenvalue weighted by molar-refractivity contribution is -0.296. The Bertz CT molecular complexity index is 822. The van der Waals surface area contributed by atoms with Crippen LogP contribution in [0.3, 0.4) is 0 Å². The molecular weight excluding hydrogens is 371 g/mol. The van der Waals surface area contributed by atoms with E-state index in [0.717, 1.165) is 0 Å². The van der Waals surface area contributed by atoms with Crippen LogP contribution in [-0.2, 0) is 10.2 Å². The number of halogens is 5. The standard InChI is InChI=1S/C19H15F5O3/c1-26-16(25)12-2-6-14(7-3-12)27-15-8-4-13(5-9-15)17(10-11-17)18(20,21)19(22,23)24/h2-9H,10-11H2,1H3.